The van der Waals surface area contributed by atoms with Crippen LogP contribution in [0.3, 0.4) is 0 Å². The Balaban J connectivity index is 4.28. The lowest BCUT2D eigenvalue weighted by molar-refractivity contribution is -0.870. The third-order valence-electron chi connectivity index (χ3n) is 8.99. The third-order valence-corrected chi connectivity index (χ3v) is 9.96. The van der Waals surface area contributed by atoms with E-state index in [1.165, 1.54) is 32.1 Å². The minimum Gasteiger partial charge on any atom is -0.756 e. The van der Waals surface area contributed by atoms with Gasteiger partial charge in [-0.15, -0.1) is 0 Å². The summed E-state index contributed by atoms with van der Waals surface area (Å²) in [5, 5.41) is 0. The molecule has 0 heterocycles. The van der Waals surface area contributed by atoms with Crippen LogP contribution in [0.15, 0.2) is 72.9 Å². The average Bonchev–Trinajstić information content (AvgIpc) is 3.16. The molecule has 57 heavy (non-hydrogen) atoms. The monoisotopic (exact) mass is 820 g/mol. The highest BCUT2D eigenvalue weighted by molar-refractivity contribution is 7.45. The molecule has 0 N–H and O–H groups in total. The summed E-state index contributed by atoms with van der Waals surface area (Å²) in [6.45, 7) is 4.04. The van der Waals surface area contributed by atoms with Crippen LogP contribution < -0.4 is 4.89 Å². The maximum absolute atomic E-state index is 12.7. The molecular weight excluding hydrogens is 737 g/mol. The van der Waals surface area contributed by atoms with Crippen molar-refractivity contribution in [2.45, 2.75) is 168 Å². The van der Waals surface area contributed by atoms with Gasteiger partial charge in [-0.3, -0.25) is 14.2 Å². The number of unbranched alkanes of at least 4 members (excludes halogenated alkanes) is 13. The highest BCUT2D eigenvalue weighted by atomic mass is 31.2. The van der Waals surface area contributed by atoms with Gasteiger partial charge >= 0.3 is 11.9 Å². The second-order valence-corrected chi connectivity index (χ2v) is 17.1. The predicted molar refractivity (Wildman–Crippen MR) is 236 cm³/mol. The highest BCUT2D eigenvalue weighted by Crippen LogP contribution is 2.38. The van der Waals surface area contributed by atoms with Gasteiger partial charge in [0.15, 0.2) is 6.10 Å². The minimum atomic E-state index is -4.63. The molecule has 2 atom stereocenters. The number of phosphoric ester groups is 1. The van der Waals surface area contributed by atoms with Crippen LogP contribution in [0.1, 0.15) is 162 Å². The van der Waals surface area contributed by atoms with Crippen molar-refractivity contribution in [1.82, 2.24) is 0 Å². The normalized spacial score (nSPS) is 14.3. The number of hydrogen-bond donors (Lipinski definition) is 0. The van der Waals surface area contributed by atoms with E-state index in [0.29, 0.717) is 17.4 Å². The summed E-state index contributed by atoms with van der Waals surface area (Å²) < 4.78 is 33.8. The molecule has 0 aliphatic rings. The lowest BCUT2D eigenvalue weighted by Crippen LogP contribution is -2.37. The van der Waals surface area contributed by atoms with Crippen LogP contribution in [0.5, 0.6) is 0 Å². The number of phosphoric acid groups is 1. The van der Waals surface area contributed by atoms with Crippen molar-refractivity contribution in [2.75, 3.05) is 47.5 Å². The van der Waals surface area contributed by atoms with Crippen molar-refractivity contribution in [3.8, 4) is 0 Å². The molecule has 2 unspecified atom stereocenters. The van der Waals surface area contributed by atoms with Crippen molar-refractivity contribution in [2.24, 2.45) is 0 Å². The molecule has 0 aromatic heterocycles. The molecule has 0 amide bonds. The number of ether oxygens (including phenoxy) is 2. The first-order chi connectivity index (χ1) is 27.5. The van der Waals surface area contributed by atoms with E-state index in [9.17, 15) is 19.0 Å². The molecular formula is C47H82NO8P. The summed E-state index contributed by atoms with van der Waals surface area (Å²) >= 11 is 0. The molecule has 10 heteroatoms. The molecule has 0 aliphatic carbocycles. The van der Waals surface area contributed by atoms with Crippen LogP contribution in [-0.2, 0) is 32.7 Å². The molecule has 0 aromatic carbocycles. The number of allylic oxidation sites excluding steroid dienone is 12. The van der Waals surface area contributed by atoms with Gasteiger partial charge in [-0.25, -0.2) is 0 Å². The summed E-state index contributed by atoms with van der Waals surface area (Å²) in [5.41, 5.74) is 0. The number of hydrogen-bond acceptors (Lipinski definition) is 8. The van der Waals surface area contributed by atoms with Crippen molar-refractivity contribution < 1.29 is 42.1 Å². The Bertz CT molecular complexity index is 1200. The van der Waals surface area contributed by atoms with Gasteiger partial charge in [0, 0.05) is 12.8 Å². The van der Waals surface area contributed by atoms with Crippen molar-refractivity contribution in [1.29, 1.82) is 0 Å². The topological polar surface area (TPSA) is 111 Å². The van der Waals surface area contributed by atoms with E-state index in [2.05, 4.69) is 86.8 Å². The van der Waals surface area contributed by atoms with Crippen LogP contribution in [-0.4, -0.2) is 70.0 Å². The maximum atomic E-state index is 12.7. The Morgan fingerprint density at radius 1 is 0.561 bits per heavy atom. The van der Waals surface area contributed by atoms with Crippen LogP contribution >= 0.6 is 7.82 Å². The van der Waals surface area contributed by atoms with E-state index in [4.69, 9.17) is 18.5 Å². The van der Waals surface area contributed by atoms with E-state index in [0.717, 1.165) is 96.3 Å². The standard InChI is InChI=1S/C47H82NO8P/c1-6-8-10-12-14-16-17-18-19-20-21-22-23-24-25-26-27-28-29-30-31-32-34-36-38-40-47(50)56-45(44-55-57(51,52)54-42-41-48(3,4)5)43-53-46(49)39-37-35-33-15-13-11-9-7-2/h8,10,14,16,18-19,21-22,24-25,27-28,45H,6-7,9,11-13,15,17,20,23,26,29-44H2,1-5H3/b10-8-,16-14-,19-18-,22-21-,25-24-,28-27-. The van der Waals surface area contributed by atoms with Gasteiger partial charge in [0.2, 0.25) is 0 Å². The Kier molecular flexibility index (Phi) is 37.2. The number of esters is 2. The van der Waals surface area contributed by atoms with Crippen molar-refractivity contribution >= 4 is 19.8 Å². The van der Waals surface area contributed by atoms with E-state index in [1.807, 2.05) is 21.1 Å². The zero-order chi connectivity index (χ0) is 42.1. The zero-order valence-electron chi connectivity index (χ0n) is 36.8. The fourth-order valence-corrected chi connectivity index (χ4v) is 6.27. The third kappa shape index (κ3) is 42.9. The summed E-state index contributed by atoms with van der Waals surface area (Å²) in [6, 6.07) is 0. The Morgan fingerprint density at radius 3 is 1.49 bits per heavy atom. The number of carbonyl (C=O) groups excluding carboxylic acids is 2. The zero-order valence-corrected chi connectivity index (χ0v) is 37.7. The Morgan fingerprint density at radius 2 is 1.00 bits per heavy atom. The van der Waals surface area contributed by atoms with E-state index < -0.39 is 32.5 Å². The van der Waals surface area contributed by atoms with Crippen LogP contribution in [0, 0.1) is 0 Å². The number of rotatable bonds is 39. The average molecular weight is 820 g/mol. The van der Waals surface area contributed by atoms with E-state index in [1.54, 1.807) is 0 Å². The number of nitrogens with zero attached hydrogens (tertiary/aromatic N) is 1. The van der Waals surface area contributed by atoms with Crippen molar-refractivity contribution in [3.63, 3.8) is 0 Å². The minimum absolute atomic E-state index is 0.0369. The highest BCUT2D eigenvalue weighted by Gasteiger charge is 2.21. The number of likely N-dealkylation sites (N-methyl/N-ethyl adjacent to an activating group) is 1. The molecule has 0 fully saturated rings. The van der Waals surface area contributed by atoms with E-state index in [-0.39, 0.29) is 26.1 Å². The van der Waals surface area contributed by atoms with Gasteiger partial charge in [-0.2, -0.15) is 0 Å². The maximum Gasteiger partial charge on any atom is 0.306 e. The number of carbonyl (C=O) groups is 2. The fraction of sp³-hybridized carbons (Fsp3) is 0.702. The van der Waals surface area contributed by atoms with Gasteiger partial charge in [0.1, 0.15) is 19.8 Å². The van der Waals surface area contributed by atoms with Gasteiger partial charge in [0.05, 0.1) is 27.7 Å². The molecule has 0 saturated heterocycles. The summed E-state index contributed by atoms with van der Waals surface area (Å²) in [4.78, 5) is 37.4. The summed E-state index contributed by atoms with van der Waals surface area (Å²) in [5.74, 6) is -0.862. The number of quaternary nitrogens is 1. The van der Waals surface area contributed by atoms with E-state index >= 15 is 0 Å². The van der Waals surface area contributed by atoms with Crippen LogP contribution in [0.2, 0.25) is 0 Å². The molecule has 0 rings (SSSR count). The first-order valence-electron chi connectivity index (χ1n) is 22.1. The summed E-state index contributed by atoms with van der Waals surface area (Å²) in [7, 11) is 1.14. The SMILES string of the molecule is CC/C=C\C/C=C\C/C=C\C/C=C\C/C=C\C/C=C\CCCCCCCCC(=O)OC(COC(=O)CCCCCCCCCC)COP(=O)([O-])OCC[N+](C)(C)C. The van der Waals surface area contributed by atoms with Crippen molar-refractivity contribution in [3.05, 3.63) is 72.9 Å². The first-order valence-corrected chi connectivity index (χ1v) is 23.6. The second kappa shape index (κ2) is 38.9. The molecule has 0 radical (unpaired) electrons. The predicted octanol–water partition coefficient (Wildman–Crippen LogP) is 12.0. The summed E-state index contributed by atoms with van der Waals surface area (Å²) in [6.07, 6.45) is 48.0. The van der Waals surface area contributed by atoms with Crippen LogP contribution in [0.25, 0.3) is 0 Å². The fourth-order valence-electron chi connectivity index (χ4n) is 5.54. The van der Waals surface area contributed by atoms with Gasteiger partial charge in [-0.05, 0) is 64.2 Å². The molecule has 0 spiro atoms. The Hall–Kier alpha value is -2.55. The van der Waals surface area contributed by atoms with Gasteiger partial charge in [-0.1, -0.05) is 157 Å². The first kappa shape index (κ1) is 54.5. The molecule has 0 aliphatic heterocycles. The molecule has 0 aromatic rings. The Labute approximate surface area is 348 Å². The molecule has 0 bridgehead atoms. The van der Waals surface area contributed by atoms with Crippen LogP contribution in [0.4, 0.5) is 0 Å². The second-order valence-electron chi connectivity index (χ2n) is 15.7. The molecule has 0 saturated carbocycles. The lowest BCUT2D eigenvalue weighted by Gasteiger charge is -2.28. The molecule has 9 nitrogen and oxygen atoms in total. The largest absolute Gasteiger partial charge is 0.756 e. The smallest absolute Gasteiger partial charge is 0.306 e. The quantitative estimate of drug-likeness (QED) is 0.0198. The van der Waals surface area contributed by atoms with Gasteiger partial charge in [0.25, 0.3) is 7.82 Å². The van der Waals surface area contributed by atoms with Gasteiger partial charge < -0.3 is 27.9 Å². The molecule has 328 valence electrons. The lowest BCUT2D eigenvalue weighted by atomic mass is 10.1.